The summed E-state index contributed by atoms with van der Waals surface area (Å²) in [5, 5.41) is 21.9. The zero-order valence-electron chi connectivity index (χ0n) is 8.99. The third-order valence-electron chi connectivity index (χ3n) is 1.98. The molecule has 0 rings (SSSR count). The summed E-state index contributed by atoms with van der Waals surface area (Å²) in [6, 6.07) is -0.276. The van der Waals surface area contributed by atoms with Crippen LogP contribution in [-0.4, -0.2) is 41.4 Å². The number of carbonyl (C=O) groups excluding carboxylic acids is 1. The first-order chi connectivity index (χ1) is 6.97. The van der Waals surface area contributed by atoms with Gasteiger partial charge in [0.2, 0.25) is 5.91 Å². The average molecular weight is 218 g/mol. The summed E-state index contributed by atoms with van der Waals surface area (Å²) in [6.07, 6.45) is -1.07. The molecule has 4 N–H and O–H groups in total. The second kappa shape index (κ2) is 7.05. The van der Waals surface area contributed by atoms with Gasteiger partial charge in [0.15, 0.2) is 0 Å². The van der Waals surface area contributed by atoms with E-state index >= 15 is 0 Å². The molecule has 0 spiro atoms. The van der Waals surface area contributed by atoms with E-state index in [1.54, 1.807) is 0 Å². The second-order valence-corrected chi connectivity index (χ2v) is 3.58. The molecule has 0 bridgehead atoms. The van der Waals surface area contributed by atoms with Crippen molar-refractivity contribution >= 4 is 12.0 Å². The predicted molar refractivity (Wildman–Crippen MR) is 54.5 cm³/mol. The smallest absolute Gasteiger partial charge is 0.404 e. The van der Waals surface area contributed by atoms with Gasteiger partial charge in [-0.15, -0.1) is 0 Å². The minimum atomic E-state index is -1.15. The van der Waals surface area contributed by atoms with Gasteiger partial charge in [-0.2, -0.15) is 0 Å². The van der Waals surface area contributed by atoms with Crippen LogP contribution in [0.3, 0.4) is 0 Å². The van der Waals surface area contributed by atoms with Crippen LogP contribution in [0.2, 0.25) is 0 Å². The van der Waals surface area contributed by atoms with Gasteiger partial charge < -0.3 is 20.8 Å². The highest BCUT2D eigenvalue weighted by Crippen LogP contribution is 2.00. The first-order valence-electron chi connectivity index (χ1n) is 4.84. The molecule has 0 saturated heterocycles. The van der Waals surface area contributed by atoms with Gasteiger partial charge in [0.1, 0.15) is 0 Å². The number of aliphatic hydroxyl groups is 1. The van der Waals surface area contributed by atoms with E-state index in [4.69, 9.17) is 10.2 Å². The topological polar surface area (TPSA) is 98.7 Å². The Morgan fingerprint density at radius 2 is 1.93 bits per heavy atom. The number of amides is 2. The molecular weight excluding hydrogens is 200 g/mol. The monoisotopic (exact) mass is 218 g/mol. The fourth-order valence-electron chi connectivity index (χ4n) is 0.985. The van der Waals surface area contributed by atoms with Gasteiger partial charge in [-0.1, -0.05) is 13.8 Å². The summed E-state index contributed by atoms with van der Waals surface area (Å²) in [7, 11) is 0. The molecule has 6 nitrogen and oxygen atoms in total. The number of rotatable bonds is 6. The summed E-state index contributed by atoms with van der Waals surface area (Å²) in [6.45, 7) is 3.74. The van der Waals surface area contributed by atoms with E-state index in [9.17, 15) is 9.59 Å². The molecule has 6 heteroatoms. The Kier molecular flexibility index (Phi) is 6.44. The highest BCUT2D eigenvalue weighted by Gasteiger charge is 2.14. The van der Waals surface area contributed by atoms with E-state index in [1.165, 1.54) is 0 Å². The molecule has 0 aliphatic carbocycles. The summed E-state index contributed by atoms with van der Waals surface area (Å²) in [5.74, 6) is -0.122. The molecule has 0 aliphatic rings. The van der Waals surface area contributed by atoms with E-state index in [0.717, 1.165) is 0 Å². The van der Waals surface area contributed by atoms with Crippen molar-refractivity contribution in [2.75, 3.05) is 13.2 Å². The molecule has 0 heterocycles. The lowest BCUT2D eigenvalue weighted by Gasteiger charge is -2.19. The maximum Gasteiger partial charge on any atom is 0.404 e. The van der Waals surface area contributed by atoms with Gasteiger partial charge in [0.25, 0.3) is 0 Å². The van der Waals surface area contributed by atoms with Crippen LogP contribution >= 0.6 is 0 Å². The van der Waals surface area contributed by atoms with E-state index in [1.807, 2.05) is 13.8 Å². The molecule has 0 saturated carbocycles. The normalized spacial score (nSPS) is 12.3. The van der Waals surface area contributed by atoms with Crippen molar-refractivity contribution in [1.29, 1.82) is 0 Å². The zero-order valence-corrected chi connectivity index (χ0v) is 8.99. The van der Waals surface area contributed by atoms with Crippen molar-refractivity contribution in [1.82, 2.24) is 10.6 Å². The van der Waals surface area contributed by atoms with Crippen LogP contribution in [0.15, 0.2) is 0 Å². The number of carbonyl (C=O) groups is 2. The first-order valence-corrected chi connectivity index (χ1v) is 4.84. The summed E-state index contributed by atoms with van der Waals surface area (Å²) in [5.41, 5.74) is 0. The molecule has 15 heavy (non-hydrogen) atoms. The van der Waals surface area contributed by atoms with Gasteiger partial charge in [-0.25, -0.2) is 4.79 Å². The van der Waals surface area contributed by atoms with Gasteiger partial charge in [0, 0.05) is 13.0 Å². The third-order valence-corrected chi connectivity index (χ3v) is 1.98. The van der Waals surface area contributed by atoms with Crippen LogP contribution in [0.5, 0.6) is 0 Å². The van der Waals surface area contributed by atoms with E-state index in [2.05, 4.69) is 10.6 Å². The molecule has 0 aromatic rings. The van der Waals surface area contributed by atoms with Crippen molar-refractivity contribution in [3.05, 3.63) is 0 Å². The van der Waals surface area contributed by atoms with Gasteiger partial charge in [-0.05, 0) is 5.92 Å². The Balaban J connectivity index is 3.76. The molecule has 0 aromatic heterocycles. The quantitative estimate of drug-likeness (QED) is 0.495. The number of hydrogen-bond acceptors (Lipinski definition) is 3. The van der Waals surface area contributed by atoms with E-state index < -0.39 is 6.09 Å². The van der Waals surface area contributed by atoms with Crippen molar-refractivity contribution in [2.24, 2.45) is 5.92 Å². The molecule has 0 fully saturated rings. The maximum absolute atomic E-state index is 11.2. The summed E-state index contributed by atoms with van der Waals surface area (Å²) in [4.78, 5) is 21.3. The van der Waals surface area contributed by atoms with E-state index in [0.29, 0.717) is 0 Å². The van der Waals surface area contributed by atoms with Crippen LogP contribution < -0.4 is 10.6 Å². The Labute approximate surface area is 88.7 Å². The minimum absolute atomic E-state index is 0.0789. The van der Waals surface area contributed by atoms with Crippen molar-refractivity contribution in [2.45, 2.75) is 26.3 Å². The Morgan fingerprint density at radius 3 is 2.33 bits per heavy atom. The van der Waals surface area contributed by atoms with Gasteiger partial charge >= 0.3 is 6.09 Å². The lowest BCUT2D eigenvalue weighted by Crippen LogP contribution is -2.42. The summed E-state index contributed by atoms with van der Waals surface area (Å²) >= 11 is 0. The molecular formula is C9H18N2O4. The van der Waals surface area contributed by atoms with Gasteiger partial charge in [0.05, 0.1) is 12.6 Å². The molecule has 0 aromatic carbocycles. The molecule has 2 amide bonds. The zero-order chi connectivity index (χ0) is 11.8. The summed E-state index contributed by atoms with van der Waals surface area (Å²) < 4.78 is 0. The van der Waals surface area contributed by atoms with Crippen LogP contribution in [0.25, 0.3) is 0 Å². The van der Waals surface area contributed by atoms with Crippen molar-refractivity contribution < 1.29 is 19.8 Å². The van der Waals surface area contributed by atoms with Crippen LogP contribution in [0.4, 0.5) is 4.79 Å². The highest BCUT2D eigenvalue weighted by atomic mass is 16.4. The number of hydrogen-bond donors (Lipinski definition) is 4. The number of aliphatic hydroxyl groups excluding tert-OH is 1. The Hall–Kier alpha value is -1.30. The largest absolute Gasteiger partial charge is 0.465 e. The minimum Gasteiger partial charge on any atom is -0.465 e. The van der Waals surface area contributed by atoms with Crippen LogP contribution in [-0.2, 0) is 4.79 Å². The number of nitrogens with one attached hydrogen (secondary N) is 2. The predicted octanol–water partition coefficient (Wildman–Crippen LogP) is -0.223. The molecule has 88 valence electrons. The SMILES string of the molecule is CC(C)C(CO)NC(=O)CCNC(=O)O. The maximum atomic E-state index is 11.2. The van der Waals surface area contributed by atoms with Crippen LogP contribution in [0, 0.1) is 5.92 Å². The lowest BCUT2D eigenvalue weighted by atomic mass is 10.1. The molecule has 1 unspecified atom stereocenters. The second-order valence-electron chi connectivity index (χ2n) is 3.58. The highest BCUT2D eigenvalue weighted by molar-refractivity contribution is 5.77. The Bertz CT molecular complexity index is 218. The third kappa shape index (κ3) is 6.73. The fourth-order valence-corrected chi connectivity index (χ4v) is 0.985. The fraction of sp³-hybridized carbons (Fsp3) is 0.778. The van der Waals surface area contributed by atoms with Crippen LogP contribution in [0.1, 0.15) is 20.3 Å². The molecule has 0 aliphatic heterocycles. The van der Waals surface area contributed by atoms with Crippen molar-refractivity contribution in [3.8, 4) is 0 Å². The van der Waals surface area contributed by atoms with E-state index in [-0.39, 0.29) is 37.4 Å². The molecule has 0 radical (unpaired) electrons. The number of carboxylic acid groups (broad SMARTS) is 1. The average Bonchev–Trinajstić information content (AvgIpc) is 2.13. The lowest BCUT2D eigenvalue weighted by molar-refractivity contribution is -0.122. The standard InChI is InChI=1S/C9H18N2O4/c1-6(2)7(5-12)11-8(13)3-4-10-9(14)15/h6-7,10,12H,3-5H2,1-2H3,(H,11,13)(H,14,15). The van der Waals surface area contributed by atoms with Gasteiger partial charge in [-0.3, -0.25) is 4.79 Å². The van der Waals surface area contributed by atoms with Crippen molar-refractivity contribution in [3.63, 3.8) is 0 Å². The molecule has 1 atom stereocenters. The first kappa shape index (κ1) is 13.7. The Morgan fingerprint density at radius 1 is 1.33 bits per heavy atom.